The summed E-state index contributed by atoms with van der Waals surface area (Å²) in [5, 5.41) is 2.78. The van der Waals surface area contributed by atoms with Gasteiger partial charge in [0.2, 0.25) is 5.91 Å². The lowest BCUT2D eigenvalue weighted by atomic mass is 9.77. The van der Waals surface area contributed by atoms with Crippen LogP contribution in [0.5, 0.6) is 0 Å². The van der Waals surface area contributed by atoms with Crippen molar-refractivity contribution in [1.82, 2.24) is 5.32 Å². The van der Waals surface area contributed by atoms with Crippen LogP contribution in [0.2, 0.25) is 0 Å². The predicted molar refractivity (Wildman–Crippen MR) is 98.4 cm³/mol. The van der Waals surface area contributed by atoms with Gasteiger partial charge in [-0.05, 0) is 51.4 Å². The average molecular weight is 365 g/mol. The minimum atomic E-state index is -0.569. The Bertz CT molecular complexity index is 679. The Hall–Kier alpha value is -1.64. The molecular weight excluding hydrogens is 341 g/mol. The van der Waals surface area contributed by atoms with E-state index in [-0.39, 0.29) is 11.9 Å². The van der Waals surface area contributed by atoms with Gasteiger partial charge in [-0.15, -0.1) is 11.3 Å². The van der Waals surface area contributed by atoms with Crippen LogP contribution in [0.1, 0.15) is 49.2 Å². The van der Waals surface area contributed by atoms with Crippen molar-refractivity contribution in [3.05, 3.63) is 27.4 Å². The maximum atomic E-state index is 11.6. The summed E-state index contributed by atoms with van der Waals surface area (Å²) in [5.74, 6) is -0.507. The zero-order chi connectivity index (χ0) is 18.8. The number of nitrogens with one attached hydrogen (secondary N) is 1. The normalized spacial score (nSPS) is 19.0. The minimum Gasteiger partial charge on any atom is -0.465 e. The number of carbonyl (C=O) groups excluding carboxylic acids is 2. The van der Waals surface area contributed by atoms with Crippen LogP contribution >= 0.6 is 11.3 Å². The Morgan fingerprint density at radius 2 is 1.84 bits per heavy atom. The molecule has 2 heterocycles. The van der Waals surface area contributed by atoms with E-state index in [2.05, 4.69) is 5.32 Å². The summed E-state index contributed by atoms with van der Waals surface area (Å²) in [6.45, 7) is 9.67. The van der Waals surface area contributed by atoms with Crippen molar-refractivity contribution in [2.45, 2.75) is 45.8 Å². The molecule has 1 aromatic heterocycles. The lowest BCUT2D eigenvalue weighted by molar-refractivity contribution is -0.118. The molecule has 136 valence electrons. The third-order valence-corrected chi connectivity index (χ3v) is 5.45. The van der Waals surface area contributed by atoms with E-state index in [0.29, 0.717) is 11.4 Å². The Labute approximate surface area is 152 Å². The number of ether oxygens (including phenoxy) is 1. The van der Waals surface area contributed by atoms with E-state index in [0.717, 1.165) is 10.3 Å². The summed E-state index contributed by atoms with van der Waals surface area (Å²) in [6.07, 6.45) is 1.88. The standard InChI is InChI=1S/C17H24BNO5S/c1-11(20)19-10-12(18-23-16(2,3)17(4,5)24-18)9-13-7-8-14(25-13)15(21)22-6/h7-9H,10H2,1-6H3,(H,19,20). The Kier molecular flexibility index (Phi) is 5.76. The van der Waals surface area contributed by atoms with Crippen molar-refractivity contribution in [2.75, 3.05) is 13.7 Å². The van der Waals surface area contributed by atoms with Gasteiger partial charge in [0.1, 0.15) is 4.88 Å². The molecule has 1 aliphatic rings. The van der Waals surface area contributed by atoms with E-state index in [1.165, 1.54) is 25.4 Å². The van der Waals surface area contributed by atoms with E-state index in [9.17, 15) is 9.59 Å². The highest BCUT2D eigenvalue weighted by Crippen LogP contribution is 2.39. The molecule has 1 fully saturated rings. The zero-order valence-corrected chi connectivity index (χ0v) is 16.3. The number of hydrogen-bond donors (Lipinski definition) is 1. The Morgan fingerprint density at radius 3 is 2.36 bits per heavy atom. The fourth-order valence-corrected chi connectivity index (χ4v) is 3.15. The van der Waals surface area contributed by atoms with Gasteiger partial charge in [0.05, 0.1) is 18.3 Å². The van der Waals surface area contributed by atoms with Crippen molar-refractivity contribution >= 4 is 36.4 Å². The van der Waals surface area contributed by atoms with Crippen LogP contribution in [0, 0.1) is 0 Å². The van der Waals surface area contributed by atoms with Crippen molar-refractivity contribution in [3.63, 3.8) is 0 Å². The second-order valence-corrected chi connectivity index (χ2v) is 8.03. The van der Waals surface area contributed by atoms with Gasteiger partial charge < -0.3 is 19.4 Å². The summed E-state index contributed by atoms with van der Waals surface area (Å²) in [7, 11) is 0.782. The third-order valence-electron chi connectivity index (χ3n) is 4.44. The van der Waals surface area contributed by atoms with Crippen molar-refractivity contribution < 1.29 is 23.6 Å². The first-order valence-corrected chi connectivity index (χ1v) is 8.86. The van der Waals surface area contributed by atoms with E-state index in [4.69, 9.17) is 14.0 Å². The minimum absolute atomic E-state index is 0.135. The zero-order valence-electron chi connectivity index (χ0n) is 15.5. The number of methoxy groups -OCH3 is 1. The fourth-order valence-electron chi connectivity index (χ4n) is 2.25. The monoisotopic (exact) mass is 365 g/mol. The van der Waals surface area contributed by atoms with Gasteiger partial charge in [-0.2, -0.15) is 0 Å². The molecule has 1 N–H and O–H groups in total. The third kappa shape index (κ3) is 4.51. The largest absolute Gasteiger partial charge is 0.492 e. The Morgan fingerprint density at radius 1 is 1.24 bits per heavy atom. The van der Waals surface area contributed by atoms with Crippen LogP contribution in [0.4, 0.5) is 0 Å². The summed E-state index contributed by atoms with van der Waals surface area (Å²) >= 11 is 1.31. The molecule has 1 aromatic rings. The van der Waals surface area contributed by atoms with Gasteiger partial charge in [-0.3, -0.25) is 4.79 Å². The maximum Gasteiger partial charge on any atom is 0.492 e. The molecule has 1 saturated heterocycles. The number of thiophene rings is 1. The summed E-state index contributed by atoms with van der Waals surface area (Å²) in [5.41, 5.74) is -0.161. The van der Waals surface area contributed by atoms with Crippen LogP contribution < -0.4 is 5.32 Å². The molecule has 0 unspecified atom stereocenters. The molecule has 0 spiro atoms. The van der Waals surface area contributed by atoms with E-state index >= 15 is 0 Å². The van der Waals surface area contributed by atoms with Gasteiger partial charge in [-0.25, -0.2) is 4.79 Å². The lowest BCUT2D eigenvalue weighted by Gasteiger charge is -2.32. The first kappa shape index (κ1) is 19.7. The summed E-state index contributed by atoms with van der Waals surface area (Å²) in [6, 6.07) is 3.54. The quantitative estimate of drug-likeness (QED) is 0.642. The molecule has 0 bridgehead atoms. The van der Waals surface area contributed by atoms with Crippen LogP contribution in [-0.2, 0) is 18.8 Å². The molecule has 8 heteroatoms. The number of esters is 1. The summed E-state index contributed by atoms with van der Waals surface area (Å²) in [4.78, 5) is 24.3. The number of amides is 1. The second kappa shape index (κ2) is 7.31. The van der Waals surface area contributed by atoms with Gasteiger partial charge in [0.25, 0.3) is 0 Å². The van der Waals surface area contributed by atoms with Crippen LogP contribution in [-0.4, -0.2) is 43.9 Å². The molecule has 0 atom stereocenters. The lowest BCUT2D eigenvalue weighted by Crippen LogP contribution is -2.41. The van der Waals surface area contributed by atoms with E-state index in [1.807, 2.05) is 39.8 Å². The smallest absolute Gasteiger partial charge is 0.465 e. The number of carbonyl (C=O) groups is 2. The van der Waals surface area contributed by atoms with Crippen LogP contribution in [0.25, 0.3) is 6.08 Å². The first-order chi connectivity index (χ1) is 11.6. The van der Waals surface area contributed by atoms with Crippen molar-refractivity contribution in [2.24, 2.45) is 0 Å². The molecule has 1 amide bonds. The van der Waals surface area contributed by atoms with Gasteiger partial charge in [-0.1, -0.05) is 0 Å². The molecule has 6 nitrogen and oxygen atoms in total. The number of hydrogen-bond acceptors (Lipinski definition) is 6. The molecule has 0 aromatic carbocycles. The number of rotatable bonds is 5. The maximum absolute atomic E-state index is 11.6. The molecule has 2 rings (SSSR count). The highest BCUT2D eigenvalue weighted by molar-refractivity contribution is 7.14. The van der Waals surface area contributed by atoms with Gasteiger partial charge >= 0.3 is 13.1 Å². The first-order valence-electron chi connectivity index (χ1n) is 8.04. The van der Waals surface area contributed by atoms with Gasteiger partial charge in [0, 0.05) is 18.3 Å². The highest BCUT2D eigenvalue weighted by atomic mass is 32.1. The van der Waals surface area contributed by atoms with E-state index < -0.39 is 18.3 Å². The highest BCUT2D eigenvalue weighted by Gasteiger charge is 2.52. The van der Waals surface area contributed by atoms with Crippen LogP contribution in [0.15, 0.2) is 17.6 Å². The molecule has 1 aliphatic heterocycles. The van der Waals surface area contributed by atoms with Crippen LogP contribution in [0.3, 0.4) is 0 Å². The predicted octanol–water partition coefficient (Wildman–Crippen LogP) is 2.69. The molecule has 25 heavy (non-hydrogen) atoms. The van der Waals surface area contributed by atoms with Crippen molar-refractivity contribution in [3.8, 4) is 0 Å². The summed E-state index contributed by atoms with van der Waals surface area (Å²) < 4.78 is 16.9. The van der Waals surface area contributed by atoms with Crippen molar-refractivity contribution in [1.29, 1.82) is 0 Å². The van der Waals surface area contributed by atoms with E-state index in [1.54, 1.807) is 6.07 Å². The molecule has 0 aliphatic carbocycles. The molecular formula is C17H24BNO5S. The second-order valence-electron chi connectivity index (χ2n) is 6.91. The average Bonchev–Trinajstić information content (AvgIpc) is 3.05. The SMILES string of the molecule is COC(=O)c1ccc(C=C(CNC(C)=O)B2OC(C)(C)C(C)(C)O2)s1. The Balaban J connectivity index is 2.28. The van der Waals surface area contributed by atoms with Gasteiger partial charge in [0.15, 0.2) is 0 Å². The fraction of sp³-hybridized carbons (Fsp3) is 0.529. The molecule has 0 radical (unpaired) electrons. The molecule has 0 saturated carbocycles. The topological polar surface area (TPSA) is 73.9 Å².